The molecule has 0 aromatic rings. The third-order valence-electron chi connectivity index (χ3n) is 1.91. The first-order valence-electron chi connectivity index (χ1n) is 4.18. The van der Waals surface area contributed by atoms with Gasteiger partial charge in [-0.2, -0.15) is 0 Å². The SMILES string of the molecule is CC(=O)C=CCN1CCCC1. The summed E-state index contributed by atoms with van der Waals surface area (Å²) in [6.45, 7) is 4.92. The molecule has 0 bridgehead atoms. The maximum absolute atomic E-state index is 10.5. The van der Waals surface area contributed by atoms with Gasteiger partial charge >= 0.3 is 0 Å². The number of nitrogens with zero attached hydrogens (tertiary/aromatic N) is 1. The van der Waals surface area contributed by atoms with E-state index >= 15 is 0 Å². The Morgan fingerprint density at radius 3 is 2.64 bits per heavy atom. The largest absolute Gasteiger partial charge is 0.300 e. The van der Waals surface area contributed by atoms with Crippen molar-refractivity contribution in [3.05, 3.63) is 12.2 Å². The smallest absolute Gasteiger partial charge is 0.152 e. The highest BCUT2D eigenvalue weighted by atomic mass is 16.1. The molecule has 11 heavy (non-hydrogen) atoms. The van der Waals surface area contributed by atoms with Crippen LogP contribution in [0, 0.1) is 0 Å². The topological polar surface area (TPSA) is 20.3 Å². The van der Waals surface area contributed by atoms with Gasteiger partial charge in [0, 0.05) is 6.54 Å². The molecule has 0 spiro atoms. The van der Waals surface area contributed by atoms with Crippen molar-refractivity contribution in [3.8, 4) is 0 Å². The molecule has 2 nitrogen and oxygen atoms in total. The third kappa shape index (κ3) is 3.33. The quantitative estimate of drug-likeness (QED) is 0.568. The first-order valence-corrected chi connectivity index (χ1v) is 4.18. The Morgan fingerprint density at radius 2 is 2.09 bits per heavy atom. The number of rotatable bonds is 3. The molecule has 1 aliphatic rings. The highest BCUT2D eigenvalue weighted by Crippen LogP contribution is 2.05. The van der Waals surface area contributed by atoms with Crippen molar-refractivity contribution in [1.29, 1.82) is 0 Å². The van der Waals surface area contributed by atoms with Crippen LogP contribution >= 0.6 is 0 Å². The first kappa shape index (κ1) is 8.47. The van der Waals surface area contributed by atoms with Crippen molar-refractivity contribution in [2.45, 2.75) is 19.8 Å². The van der Waals surface area contributed by atoms with Gasteiger partial charge < -0.3 is 0 Å². The second-order valence-electron chi connectivity index (χ2n) is 3.02. The molecule has 0 aromatic heterocycles. The highest BCUT2D eigenvalue weighted by Gasteiger charge is 2.08. The van der Waals surface area contributed by atoms with Crippen LogP contribution in [0.3, 0.4) is 0 Å². The maximum atomic E-state index is 10.5. The summed E-state index contributed by atoms with van der Waals surface area (Å²) >= 11 is 0. The van der Waals surface area contributed by atoms with E-state index in [1.54, 1.807) is 13.0 Å². The van der Waals surface area contributed by atoms with Gasteiger partial charge in [0.1, 0.15) is 0 Å². The summed E-state index contributed by atoms with van der Waals surface area (Å²) in [5.74, 6) is 0.143. The fourth-order valence-corrected chi connectivity index (χ4v) is 1.33. The fourth-order valence-electron chi connectivity index (χ4n) is 1.33. The fraction of sp³-hybridized carbons (Fsp3) is 0.667. The Labute approximate surface area is 67.9 Å². The molecule has 0 N–H and O–H groups in total. The number of ketones is 1. The molecule has 1 rings (SSSR count). The summed E-state index contributed by atoms with van der Waals surface area (Å²) < 4.78 is 0. The van der Waals surface area contributed by atoms with Gasteiger partial charge in [-0.1, -0.05) is 6.08 Å². The molecule has 1 aliphatic heterocycles. The first-order chi connectivity index (χ1) is 5.29. The Kier molecular flexibility index (Phi) is 3.30. The van der Waals surface area contributed by atoms with Gasteiger partial charge in [-0.25, -0.2) is 0 Å². The summed E-state index contributed by atoms with van der Waals surface area (Å²) in [6, 6.07) is 0. The van der Waals surface area contributed by atoms with E-state index in [0.29, 0.717) is 0 Å². The van der Waals surface area contributed by atoms with Crippen LogP contribution in [0.5, 0.6) is 0 Å². The molecule has 1 saturated heterocycles. The average molecular weight is 153 g/mol. The lowest BCUT2D eigenvalue weighted by Gasteiger charge is -2.09. The molecule has 0 radical (unpaired) electrons. The number of likely N-dealkylation sites (tertiary alicyclic amines) is 1. The van der Waals surface area contributed by atoms with Crippen molar-refractivity contribution in [2.24, 2.45) is 0 Å². The monoisotopic (exact) mass is 153 g/mol. The number of hydrogen-bond acceptors (Lipinski definition) is 2. The Bertz CT molecular complexity index is 157. The van der Waals surface area contributed by atoms with Crippen molar-refractivity contribution in [3.63, 3.8) is 0 Å². The normalized spacial score (nSPS) is 19.7. The van der Waals surface area contributed by atoms with Crippen LogP contribution in [-0.2, 0) is 4.79 Å². The van der Waals surface area contributed by atoms with Gasteiger partial charge in [-0.15, -0.1) is 0 Å². The molecule has 62 valence electrons. The third-order valence-corrected chi connectivity index (χ3v) is 1.91. The number of hydrogen-bond donors (Lipinski definition) is 0. The summed E-state index contributed by atoms with van der Waals surface area (Å²) in [7, 11) is 0. The standard InChI is InChI=1S/C9H15NO/c1-9(11)5-4-8-10-6-2-3-7-10/h4-5H,2-3,6-8H2,1H3. The van der Waals surface area contributed by atoms with E-state index in [2.05, 4.69) is 4.90 Å². The van der Waals surface area contributed by atoms with Crippen LogP contribution in [0.2, 0.25) is 0 Å². The van der Waals surface area contributed by atoms with Crippen LogP contribution in [0.1, 0.15) is 19.8 Å². The van der Waals surface area contributed by atoms with E-state index in [1.807, 2.05) is 6.08 Å². The van der Waals surface area contributed by atoms with Gasteiger partial charge in [0.05, 0.1) is 0 Å². The second-order valence-corrected chi connectivity index (χ2v) is 3.02. The summed E-state index contributed by atoms with van der Waals surface area (Å²) in [5.41, 5.74) is 0. The van der Waals surface area contributed by atoms with E-state index in [-0.39, 0.29) is 5.78 Å². The molecule has 2 heteroatoms. The van der Waals surface area contributed by atoms with Crippen LogP contribution in [0.15, 0.2) is 12.2 Å². The van der Waals surface area contributed by atoms with E-state index in [9.17, 15) is 4.79 Å². The van der Waals surface area contributed by atoms with Crippen molar-refractivity contribution < 1.29 is 4.79 Å². The van der Waals surface area contributed by atoms with E-state index in [0.717, 1.165) is 6.54 Å². The maximum Gasteiger partial charge on any atom is 0.152 e. The zero-order valence-electron chi connectivity index (χ0n) is 7.05. The lowest BCUT2D eigenvalue weighted by molar-refractivity contribution is -0.112. The second kappa shape index (κ2) is 4.29. The number of carbonyl (C=O) groups excluding carboxylic acids is 1. The van der Waals surface area contributed by atoms with Crippen LogP contribution in [0.25, 0.3) is 0 Å². The highest BCUT2D eigenvalue weighted by molar-refractivity contribution is 5.87. The zero-order valence-corrected chi connectivity index (χ0v) is 7.05. The van der Waals surface area contributed by atoms with Gasteiger partial charge in [-0.05, 0) is 38.9 Å². The Hall–Kier alpha value is -0.630. The lowest BCUT2D eigenvalue weighted by atomic mass is 10.4. The summed E-state index contributed by atoms with van der Waals surface area (Å²) in [4.78, 5) is 12.9. The van der Waals surface area contributed by atoms with Crippen molar-refractivity contribution >= 4 is 5.78 Å². The number of allylic oxidation sites excluding steroid dienone is 1. The molecule has 1 heterocycles. The summed E-state index contributed by atoms with van der Waals surface area (Å²) in [6.07, 6.45) is 6.23. The molecular formula is C9H15NO. The molecule has 0 atom stereocenters. The van der Waals surface area contributed by atoms with Crippen LogP contribution in [0.4, 0.5) is 0 Å². The van der Waals surface area contributed by atoms with Crippen LogP contribution in [-0.4, -0.2) is 30.3 Å². The molecule has 0 aromatic carbocycles. The molecular weight excluding hydrogens is 138 g/mol. The van der Waals surface area contributed by atoms with Crippen molar-refractivity contribution in [2.75, 3.05) is 19.6 Å². The molecule has 0 amide bonds. The van der Waals surface area contributed by atoms with Gasteiger partial charge in [-0.3, -0.25) is 9.69 Å². The minimum atomic E-state index is 0.143. The van der Waals surface area contributed by atoms with Gasteiger partial charge in [0.2, 0.25) is 0 Å². The van der Waals surface area contributed by atoms with Gasteiger partial charge in [0.15, 0.2) is 5.78 Å². The summed E-state index contributed by atoms with van der Waals surface area (Å²) in [5, 5.41) is 0. The molecule has 0 aliphatic carbocycles. The van der Waals surface area contributed by atoms with Crippen molar-refractivity contribution in [1.82, 2.24) is 4.90 Å². The minimum absolute atomic E-state index is 0.143. The zero-order chi connectivity index (χ0) is 8.10. The van der Waals surface area contributed by atoms with E-state index < -0.39 is 0 Å². The average Bonchev–Trinajstić information content (AvgIpc) is 2.39. The molecule has 0 saturated carbocycles. The Balaban J connectivity index is 2.15. The number of carbonyl (C=O) groups is 1. The lowest BCUT2D eigenvalue weighted by Crippen LogP contribution is -2.18. The van der Waals surface area contributed by atoms with Crippen LogP contribution < -0.4 is 0 Å². The predicted molar refractivity (Wildman–Crippen MR) is 45.5 cm³/mol. The van der Waals surface area contributed by atoms with Gasteiger partial charge in [0.25, 0.3) is 0 Å². The Morgan fingerprint density at radius 1 is 1.45 bits per heavy atom. The minimum Gasteiger partial charge on any atom is -0.300 e. The van der Waals surface area contributed by atoms with E-state index in [1.165, 1.54) is 25.9 Å². The predicted octanol–water partition coefficient (Wildman–Crippen LogP) is 1.23. The molecule has 0 unspecified atom stereocenters. The molecule has 1 fully saturated rings. The van der Waals surface area contributed by atoms with E-state index in [4.69, 9.17) is 0 Å².